The Bertz CT molecular complexity index is 501. The van der Waals surface area contributed by atoms with Crippen LogP contribution in [0.2, 0.25) is 0 Å². The molecule has 96 valence electrons. The minimum Gasteiger partial charge on any atom is -0.497 e. The summed E-state index contributed by atoms with van der Waals surface area (Å²) in [7, 11) is 1.72. The van der Waals surface area contributed by atoms with Crippen LogP contribution in [0.5, 0.6) is 5.75 Å². The maximum atomic E-state index is 5.94. The molecule has 2 aliphatic rings. The maximum absolute atomic E-state index is 5.94. The van der Waals surface area contributed by atoms with Crippen molar-refractivity contribution in [3.8, 4) is 5.75 Å². The highest BCUT2D eigenvalue weighted by molar-refractivity contribution is 8.13. The van der Waals surface area contributed by atoms with Crippen molar-refractivity contribution in [2.75, 3.05) is 12.9 Å². The van der Waals surface area contributed by atoms with Gasteiger partial charge in [0.05, 0.1) is 12.6 Å². The lowest BCUT2D eigenvalue weighted by atomic mass is 9.75. The number of hydrogen-bond acceptors (Lipinski definition) is 4. The molecule has 1 unspecified atom stereocenters. The molecule has 4 heteroatoms. The van der Waals surface area contributed by atoms with Crippen LogP contribution in [0, 0.1) is 0 Å². The molecule has 1 aliphatic carbocycles. The SMILES string of the molecule is COc1ccc2c(c1)CCCC21CCSC(N)=N1. The lowest BCUT2D eigenvalue weighted by molar-refractivity contribution is 0.361. The van der Waals surface area contributed by atoms with Gasteiger partial charge in [0, 0.05) is 5.75 Å². The van der Waals surface area contributed by atoms with Crippen molar-refractivity contribution in [3.05, 3.63) is 29.3 Å². The quantitative estimate of drug-likeness (QED) is 0.846. The zero-order valence-corrected chi connectivity index (χ0v) is 11.4. The van der Waals surface area contributed by atoms with Crippen molar-refractivity contribution in [1.29, 1.82) is 0 Å². The molecule has 0 saturated carbocycles. The van der Waals surface area contributed by atoms with E-state index in [2.05, 4.69) is 12.1 Å². The molecule has 0 fully saturated rings. The van der Waals surface area contributed by atoms with Gasteiger partial charge in [-0.25, -0.2) is 0 Å². The first-order chi connectivity index (χ1) is 8.73. The maximum Gasteiger partial charge on any atom is 0.154 e. The van der Waals surface area contributed by atoms with Crippen LogP contribution in [0.3, 0.4) is 0 Å². The van der Waals surface area contributed by atoms with E-state index in [-0.39, 0.29) is 5.54 Å². The van der Waals surface area contributed by atoms with Crippen LogP contribution in [-0.4, -0.2) is 18.0 Å². The molecule has 0 radical (unpaired) electrons. The third kappa shape index (κ3) is 1.88. The van der Waals surface area contributed by atoms with E-state index in [4.69, 9.17) is 15.5 Å². The number of aryl methyl sites for hydroxylation is 1. The molecule has 1 spiro atoms. The second kappa shape index (κ2) is 4.50. The molecule has 0 amide bonds. The van der Waals surface area contributed by atoms with E-state index in [0.29, 0.717) is 0 Å². The summed E-state index contributed by atoms with van der Waals surface area (Å²) in [5.41, 5.74) is 8.62. The molecular weight excluding hydrogens is 244 g/mol. The Balaban J connectivity index is 2.09. The van der Waals surface area contributed by atoms with Gasteiger partial charge in [0.1, 0.15) is 5.75 Å². The predicted molar refractivity (Wildman–Crippen MR) is 76.3 cm³/mol. The molecule has 0 saturated heterocycles. The number of fused-ring (bicyclic) bond motifs is 2. The summed E-state index contributed by atoms with van der Waals surface area (Å²) in [5, 5.41) is 0.741. The average molecular weight is 262 g/mol. The number of amidine groups is 1. The largest absolute Gasteiger partial charge is 0.497 e. The Morgan fingerprint density at radius 2 is 2.28 bits per heavy atom. The lowest BCUT2D eigenvalue weighted by Gasteiger charge is -2.38. The second-order valence-electron chi connectivity index (χ2n) is 4.96. The summed E-state index contributed by atoms with van der Waals surface area (Å²) in [5.74, 6) is 2.01. The first-order valence-electron chi connectivity index (χ1n) is 6.39. The van der Waals surface area contributed by atoms with Gasteiger partial charge >= 0.3 is 0 Å². The normalized spacial score (nSPS) is 26.6. The molecule has 2 N–H and O–H groups in total. The van der Waals surface area contributed by atoms with Gasteiger partial charge in [-0.05, 0) is 48.9 Å². The number of nitrogens with zero attached hydrogens (tertiary/aromatic N) is 1. The van der Waals surface area contributed by atoms with Gasteiger partial charge in [0.2, 0.25) is 0 Å². The summed E-state index contributed by atoms with van der Waals surface area (Å²) in [6, 6.07) is 6.38. The number of nitrogens with two attached hydrogens (primary N) is 1. The molecule has 3 rings (SSSR count). The average Bonchev–Trinajstić information content (AvgIpc) is 2.38. The molecule has 18 heavy (non-hydrogen) atoms. The van der Waals surface area contributed by atoms with Crippen molar-refractivity contribution in [3.63, 3.8) is 0 Å². The van der Waals surface area contributed by atoms with Crippen LogP contribution in [-0.2, 0) is 12.0 Å². The molecule has 1 atom stereocenters. The van der Waals surface area contributed by atoms with Gasteiger partial charge in [-0.1, -0.05) is 17.8 Å². The molecule has 1 heterocycles. The number of benzene rings is 1. The van der Waals surface area contributed by atoms with E-state index in [1.807, 2.05) is 6.07 Å². The van der Waals surface area contributed by atoms with Gasteiger partial charge in [-0.15, -0.1) is 0 Å². The predicted octanol–water partition coefficient (Wildman–Crippen LogP) is 2.68. The molecule has 3 nitrogen and oxygen atoms in total. The zero-order valence-electron chi connectivity index (χ0n) is 10.6. The van der Waals surface area contributed by atoms with Crippen LogP contribution in [0.15, 0.2) is 23.2 Å². The molecular formula is C14H18N2OS. The summed E-state index contributed by atoms with van der Waals surface area (Å²) in [4.78, 5) is 4.79. The summed E-state index contributed by atoms with van der Waals surface area (Å²) in [6.07, 6.45) is 4.52. The fraction of sp³-hybridized carbons (Fsp3) is 0.500. The number of ether oxygens (including phenoxy) is 1. The molecule has 1 aromatic rings. The topological polar surface area (TPSA) is 47.6 Å². The highest BCUT2D eigenvalue weighted by atomic mass is 32.2. The summed E-state index contributed by atoms with van der Waals surface area (Å²) >= 11 is 1.67. The Morgan fingerprint density at radius 1 is 1.39 bits per heavy atom. The van der Waals surface area contributed by atoms with Gasteiger partial charge in [0.15, 0.2) is 5.17 Å². The molecule has 0 aromatic heterocycles. The monoisotopic (exact) mass is 262 g/mol. The molecule has 1 aromatic carbocycles. The first kappa shape index (κ1) is 11.9. The molecule has 0 bridgehead atoms. The van der Waals surface area contributed by atoms with Gasteiger partial charge in [-0.2, -0.15) is 0 Å². The summed E-state index contributed by atoms with van der Waals surface area (Å²) < 4.78 is 5.31. The fourth-order valence-corrected chi connectivity index (χ4v) is 3.95. The minimum atomic E-state index is -0.0603. The number of aliphatic imine (C=N–C) groups is 1. The van der Waals surface area contributed by atoms with E-state index in [1.54, 1.807) is 18.9 Å². The van der Waals surface area contributed by atoms with E-state index < -0.39 is 0 Å². The smallest absolute Gasteiger partial charge is 0.154 e. The Labute approximate surface area is 112 Å². The number of rotatable bonds is 1. The first-order valence-corrected chi connectivity index (χ1v) is 7.38. The highest BCUT2D eigenvalue weighted by Crippen LogP contribution is 2.45. The van der Waals surface area contributed by atoms with Crippen molar-refractivity contribution >= 4 is 16.9 Å². The van der Waals surface area contributed by atoms with Crippen molar-refractivity contribution < 1.29 is 4.74 Å². The fourth-order valence-electron chi connectivity index (χ4n) is 3.06. The van der Waals surface area contributed by atoms with Gasteiger partial charge < -0.3 is 10.5 Å². The molecule has 1 aliphatic heterocycles. The van der Waals surface area contributed by atoms with Gasteiger partial charge in [0.25, 0.3) is 0 Å². The Kier molecular flexibility index (Phi) is 2.98. The van der Waals surface area contributed by atoms with Gasteiger partial charge in [-0.3, -0.25) is 4.99 Å². The lowest BCUT2D eigenvalue weighted by Crippen LogP contribution is -2.35. The van der Waals surface area contributed by atoms with Crippen molar-refractivity contribution in [1.82, 2.24) is 0 Å². The van der Waals surface area contributed by atoms with Crippen LogP contribution in [0.1, 0.15) is 30.4 Å². The third-order valence-corrected chi connectivity index (χ3v) is 4.74. The standard InChI is InChI=1S/C14H18N2OS/c1-17-11-4-5-12-10(9-11)3-2-6-14(12)7-8-18-13(15)16-14/h4-5,9H,2-3,6-8H2,1H3,(H2,15,16). The van der Waals surface area contributed by atoms with Crippen LogP contribution in [0.4, 0.5) is 0 Å². The van der Waals surface area contributed by atoms with E-state index in [9.17, 15) is 0 Å². The van der Waals surface area contributed by atoms with Crippen LogP contribution >= 0.6 is 11.8 Å². The second-order valence-corrected chi connectivity index (χ2v) is 6.07. The Morgan fingerprint density at radius 3 is 3.06 bits per heavy atom. The summed E-state index contributed by atoms with van der Waals surface area (Å²) in [6.45, 7) is 0. The number of thioether (sulfide) groups is 1. The van der Waals surface area contributed by atoms with E-state index in [0.717, 1.165) is 35.9 Å². The number of hydrogen-bond donors (Lipinski definition) is 1. The van der Waals surface area contributed by atoms with Crippen LogP contribution in [0.25, 0.3) is 0 Å². The van der Waals surface area contributed by atoms with Crippen molar-refractivity contribution in [2.24, 2.45) is 10.7 Å². The van der Waals surface area contributed by atoms with E-state index >= 15 is 0 Å². The Hall–Kier alpha value is -1.16. The zero-order chi connectivity index (χ0) is 12.6. The minimum absolute atomic E-state index is 0.0603. The van der Waals surface area contributed by atoms with Crippen molar-refractivity contribution in [2.45, 2.75) is 31.2 Å². The third-order valence-electron chi connectivity index (χ3n) is 3.94. The van der Waals surface area contributed by atoms with Crippen LogP contribution < -0.4 is 10.5 Å². The highest BCUT2D eigenvalue weighted by Gasteiger charge is 2.38. The number of methoxy groups -OCH3 is 1. The van der Waals surface area contributed by atoms with E-state index in [1.165, 1.54) is 17.5 Å².